The predicted molar refractivity (Wildman–Crippen MR) is 116 cm³/mol. The standard InChI is InChI=1S/C25H39F3O5/c1-6-22(5,21(2,3)4)20(30)33-24-14-17-11-18(15-24)13-23(12-17,16-24)32-10-9-31-19(29)7-8-25(26,27)28/h17-18H,6-16H2,1-5H3. The molecule has 4 aliphatic rings. The molecule has 33 heavy (non-hydrogen) atoms. The Morgan fingerprint density at radius 3 is 2.03 bits per heavy atom. The fourth-order valence-electron chi connectivity index (χ4n) is 6.40. The van der Waals surface area contributed by atoms with Crippen LogP contribution in [-0.4, -0.2) is 42.5 Å². The van der Waals surface area contributed by atoms with Crippen LogP contribution in [0.4, 0.5) is 13.2 Å². The molecular weight excluding hydrogens is 437 g/mol. The van der Waals surface area contributed by atoms with Gasteiger partial charge in [-0.1, -0.05) is 27.7 Å². The second-order valence-electron chi connectivity index (χ2n) is 11.8. The predicted octanol–water partition coefficient (Wildman–Crippen LogP) is 5.99. The monoisotopic (exact) mass is 476 g/mol. The largest absolute Gasteiger partial charge is 0.463 e. The van der Waals surface area contributed by atoms with Crippen molar-refractivity contribution >= 4 is 11.9 Å². The quantitative estimate of drug-likeness (QED) is 0.302. The summed E-state index contributed by atoms with van der Waals surface area (Å²) in [5.74, 6) is -0.159. The third-order valence-corrected chi connectivity index (χ3v) is 8.44. The van der Waals surface area contributed by atoms with E-state index in [1.54, 1.807) is 0 Å². The summed E-state index contributed by atoms with van der Waals surface area (Å²) in [5, 5.41) is 0. The fraction of sp³-hybridized carbons (Fsp3) is 0.920. The molecule has 4 bridgehead atoms. The van der Waals surface area contributed by atoms with Crippen LogP contribution in [-0.2, 0) is 23.8 Å². The molecule has 0 aromatic rings. The lowest BCUT2D eigenvalue weighted by Gasteiger charge is -2.61. The minimum atomic E-state index is -4.37. The average molecular weight is 477 g/mol. The topological polar surface area (TPSA) is 61.8 Å². The molecule has 0 heterocycles. The second kappa shape index (κ2) is 9.04. The van der Waals surface area contributed by atoms with E-state index in [0.717, 1.165) is 32.1 Å². The van der Waals surface area contributed by atoms with Gasteiger partial charge < -0.3 is 14.2 Å². The Labute approximate surface area is 195 Å². The zero-order valence-electron chi connectivity index (χ0n) is 20.6. The maximum absolute atomic E-state index is 13.4. The molecule has 3 unspecified atom stereocenters. The fourth-order valence-corrected chi connectivity index (χ4v) is 6.40. The van der Waals surface area contributed by atoms with Gasteiger partial charge in [-0.05, 0) is 62.7 Å². The molecule has 4 aliphatic carbocycles. The first kappa shape index (κ1) is 26.3. The molecule has 0 aliphatic heterocycles. The smallest absolute Gasteiger partial charge is 0.389 e. The summed E-state index contributed by atoms with van der Waals surface area (Å²) < 4.78 is 54.3. The van der Waals surface area contributed by atoms with Crippen molar-refractivity contribution in [2.45, 2.75) is 110 Å². The Bertz CT molecular complexity index is 727. The van der Waals surface area contributed by atoms with E-state index in [2.05, 4.69) is 20.8 Å². The van der Waals surface area contributed by atoms with Gasteiger partial charge in [0.2, 0.25) is 0 Å². The van der Waals surface area contributed by atoms with E-state index < -0.39 is 41.6 Å². The molecule has 4 saturated carbocycles. The molecular formula is C25H39F3O5. The molecule has 4 fully saturated rings. The Morgan fingerprint density at radius 1 is 0.939 bits per heavy atom. The first-order chi connectivity index (χ1) is 15.1. The van der Waals surface area contributed by atoms with E-state index >= 15 is 0 Å². The maximum atomic E-state index is 13.4. The van der Waals surface area contributed by atoms with Crippen LogP contribution in [0.2, 0.25) is 0 Å². The summed E-state index contributed by atoms with van der Waals surface area (Å²) in [6, 6.07) is 0. The normalized spacial score (nSPS) is 33.0. The molecule has 4 rings (SSSR count). The van der Waals surface area contributed by atoms with Crippen molar-refractivity contribution < 1.29 is 37.0 Å². The van der Waals surface area contributed by atoms with Crippen LogP contribution in [0.25, 0.3) is 0 Å². The third kappa shape index (κ3) is 5.85. The summed E-state index contributed by atoms with van der Waals surface area (Å²) in [4.78, 5) is 25.0. The maximum Gasteiger partial charge on any atom is 0.389 e. The molecule has 0 N–H and O–H groups in total. The lowest BCUT2D eigenvalue weighted by Crippen LogP contribution is -2.62. The third-order valence-electron chi connectivity index (χ3n) is 8.44. The number of carbonyl (C=O) groups excluding carboxylic acids is 2. The number of rotatable bonds is 9. The first-order valence-electron chi connectivity index (χ1n) is 12.2. The van der Waals surface area contributed by atoms with Gasteiger partial charge in [-0.25, -0.2) is 0 Å². The number of carbonyl (C=O) groups is 2. The average Bonchev–Trinajstić information content (AvgIpc) is 2.66. The Kier molecular flexibility index (Phi) is 7.21. The molecule has 0 aromatic heterocycles. The van der Waals surface area contributed by atoms with Crippen LogP contribution in [0.15, 0.2) is 0 Å². The summed E-state index contributed by atoms with van der Waals surface area (Å²) >= 11 is 0. The van der Waals surface area contributed by atoms with E-state index in [1.165, 1.54) is 0 Å². The van der Waals surface area contributed by atoms with Gasteiger partial charge in [-0.3, -0.25) is 9.59 Å². The molecule has 0 radical (unpaired) electrons. The van der Waals surface area contributed by atoms with Gasteiger partial charge in [0.15, 0.2) is 0 Å². The van der Waals surface area contributed by atoms with Crippen molar-refractivity contribution in [2.75, 3.05) is 13.2 Å². The van der Waals surface area contributed by atoms with Gasteiger partial charge in [0.05, 0.1) is 30.5 Å². The number of esters is 2. The van der Waals surface area contributed by atoms with Crippen molar-refractivity contribution in [2.24, 2.45) is 22.7 Å². The van der Waals surface area contributed by atoms with E-state index in [0.29, 0.717) is 24.7 Å². The van der Waals surface area contributed by atoms with Gasteiger partial charge in [-0.15, -0.1) is 0 Å². The molecule has 3 atom stereocenters. The van der Waals surface area contributed by atoms with Gasteiger partial charge in [-0.2, -0.15) is 13.2 Å². The lowest BCUT2D eigenvalue weighted by molar-refractivity contribution is -0.242. The number of alkyl halides is 3. The van der Waals surface area contributed by atoms with Crippen LogP contribution < -0.4 is 0 Å². The van der Waals surface area contributed by atoms with Crippen molar-refractivity contribution in [3.63, 3.8) is 0 Å². The zero-order chi connectivity index (χ0) is 24.7. The van der Waals surface area contributed by atoms with Gasteiger partial charge >= 0.3 is 18.1 Å². The van der Waals surface area contributed by atoms with Crippen molar-refractivity contribution in [3.05, 3.63) is 0 Å². The summed E-state index contributed by atoms with van der Waals surface area (Å²) in [6.07, 6.45) is -0.314. The summed E-state index contributed by atoms with van der Waals surface area (Å²) in [6.45, 7) is 10.3. The molecule has 190 valence electrons. The Hall–Kier alpha value is -1.31. The highest BCUT2D eigenvalue weighted by molar-refractivity contribution is 5.78. The highest BCUT2D eigenvalue weighted by Crippen LogP contribution is 2.61. The molecule has 0 spiro atoms. The highest BCUT2D eigenvalue weighted by atomic mass is 19.4. The van der Waals surface area contributed by atoms with Crippen LogP contribution >= 0.6 is 0 Å². The number of halogens is 3. The minimum Gasteiger partial charge on any atom is -0.463 e. The van der Waals surface area contributed by atoms with Crippen molar-refractivity contribution in [1.29, 1.82) is 0 Å². The second-order valence-corrected chi connectivity index (χ2v) is 11.8. The van der Waals surface area contributed by atoms with Crippen LogP contribution in [0, 0.1) is 22.7 Å². The zero-order valence-corrected chi connectivity index (χ0v) is 20.6. The lowest BCUT2D eigenvalue weighted by atomic mass is 9.52. The molecule has 5 nitrogen and oxygen atoms in total. The summed E-state index contributed by atoms with van der Waals surface area (Å²) in [7, 11) is 0. The Balaban J connectivity index is 1.59. The van der Waals surface area contributed by atoms with Crippen LogP contribution in [0.3, 0.4) is 0 Å². The number of hydrogen-bond acceptors (Lipinski definition) is 5. The van der Waals surface area contributed by atoms with E-state index in [9.17, 15) is 22.8 Å². The van der Waals surface area contributed by atoms with Gasteiger partial charge in [0.1, 0.15) is 12.2 Å². The van der Waals surface area contributed by atoms with Crippen molar-refractivity contribution in [1.82, 2.24) is 0 Å². The van der Waals surface area contributed by atoms with Crippen molar-refractivity contribution in [3.8, 4) is 0 Å². The van der Waals surface area contributed by atoms with Gasteiger partial charge in [0.25, 0.3) is 0 Å². The number of hydrogen-bond donors (Lipinski definition) is 0. The summed E-state index contributed by atoms with van der Waals surface area (Å²) in [5.41, 5.74) is -1.76. The van der Waals surface area contributed by atoms with Gasteiger partial charge in [0, 0.05) is 6.42 Å². The first-order valence-corrected chi connectivity index (χ1v) is 12.2. The molecule has 8 heteroatoms. The van der Waals surface area contributed by atoms with Crippen LogP contribution in [0.5, 0.6) is 0 Å². The van der Waals surface area contributed by atoms with E-state index in [-0.39, 0.29) is 24.6 Å². The molecule has 0 aromatic carbocycles. The molecule has 0 saturated heterocycles. The van der Waals surface area contributed by atoms with E-state index in [1.807, 2.05) is 13.8 Å². The highest BCUT2D eigenvalue weighted by Gasteiger charge is 2.61. The molecule has 0 amide bonds. The SMILES string of the molecule is CCC(C)(C(=O)OC12CC3CC(CC(OCCOC(=O)CCC(F)(F)F)(C3)C1)C2)C(C)(C)C. The minimum absolute atomic E-state index is 0.0709. The van der Waals surface area contributed by atoms with Crippen LogP contribution in [0.1, 0.15) is 92.4 Å². The Morgan fingerprint density at radius 2 is 1.52 bits per heavy atom. The van der Waals surface area contributed by atoms with E-state index in [4.69, 9.17) is 14.2 Å². The number of ether oxygens (including phenoxy) is 3.